The van der Waals surface area contributed by atoms with Gasteiger partial charge in [0.1, 0.15) is 18.4 Å². The largest absolute Gasteiger partial charge is 0.464 e. The molecule has 2 amide bonds. The van der Waals surface area contributed by atoms with E-state index < -0.39 is 22.9 Å². The van der Waals surface area contributed by atoms with Gasteiger partial charge in [-0.2, -0.15) is 0 Å². The molecule has 12 heteroatoms. The monoisotopic (exact) mass is 475 g/mol. The van der Waals surface area contributed by atoms with Crippen LogP contribution in [0.4, 0.5) is 5.69 Å². The third kappa shape index (κ3) is 5.22. The van der Waals surface area contributed by atoms with Crippen LogP contribution in [-0.2, 0) is 35.3 Å². The molecule has 174 valence electrons. The number of thioether (sulfide) groups is 1. The molecule has 1 aromatic rings. The molecular weight excluding hydrogens is 454 g/mol. The van der Waals surface area contributed by atoms with Gasteiger partial charge >= 0.3 is 5.97 Å². The fraction of sp³-hybridized carbons (Fsp3) is 0.333. The molecule has 2 aliphatic heterocycles. The number of fused-ring (bicyclic) bond motifs is 1. The minimum Gasteiger partial charge on any atom is -0.464 e. The van der Waals surface area contributed by atoms with Gasteiger partial charge in [-0.3, -0.25) is 24.5 Å². The van der Waals surface area contributed by atoms with Crippen molar-refractivity contribution in [3.63, 3.8) is 0 Å². The van der Waals surface area contributed by atoms with Crippen molar-refractivity contribution in [3.05, 3.63) is 62.2 Å². The van der Waals surface area contributed by atoms with Crippen molar-refractivity contribution < 1.29 is 33.6 Å². The average molecular weight is 475 g/mol. The van der Waals surface area contributed by atoms with Crippen molar-refractivity contribution in [2.45, 2.75) is 39.0 Å². The van der Waals surface area contributed by atoms with Gasteiger partial charge in [-0.1, -0.05) is 11.8 Å². The van der Waals surface area contributed by atoms with Gasteiger partial charge in [-0.15, -0.1) is 0 Å². The summed E-state index contributed by atoms with van der Waals surface area (Å²) in [6.07, 6.45) is 1.14. The number of ether oxygens (including phenoxy) is 2. The Morgan fingerprint density at radius 3 is 2.67 bits per heavy atom. The van der Waals surface area contributed by atoms with Crippen molar-refractivity contribution in [2.24, 2.45) is 5.92 Å². The van der Waals surface area contributed by atoms with Gasteiger partial charge in [0.05, 0.1) is 16.9 Å². The molecule has 0 aromatic heterocycles. The maximum atomic E-state index is 12.9. The van der Waals surface area contributed by atoms with E-state index in [9.17, 15) is 29.3 Å². The second-order valence-corrected chi connectivity index (χ2v) is 8.34. The molecule has 33 heavy (non-hydrogen) atoms. The Hall–Kier alpha value is -3.67. The zero-order chi connectivity index (χ0) is 24.1. The van der Waals surface area contributed by atoms with Gasteiger partial charge in [-0.25, -0.2) is 4.79 Å². The fourth-order valence-electron chi connectivity index (χ4n) is 3.68. The lowest BCUT2D eigenvalue weighted by Crippen LogP contribution is -2.62. The van der Waals surface area contributed by atoms with Crippen molar-refractivity contribution in [2.75, 3.05) is 0 Å². The summed E-state index contributed by atoms with van der Waals surface area (Å²) in [5.74, 6) is -1.90. The average Bonchev–Trinajstić information content (AvgIpc) is 3.09. The summed E-state index contributed by atoms with van der Waals surface area (Å²) >= 11 is 1.17. The molecule has 11 nitrogen and oxygen atoms in total. The predicted octanol–water partition coefficient (Wildman–Crippen LogP) is 1.98. The summed E-state index contributed by atoms with van der Waals surface area (Å²) in [6, 6.07) is 5.21. The summed E-state index contributed by atoms with van der Waals surface area (Å²) in [5, 5.41) is 14.8. The molecule has 0 bridgehead atoms. The number of hydrogen-bond acceptors (Lipinski definition) is 9. The van der Waals surface area contributed by atoms with Gasteiger partial charge in [0, 0.05) is 36.6 Å². The Morgan fingerprint density at radius 2 is 2.06 bits per heavy atom. The number of carbonyl (C=O) groups excluding carboxylic acids is 4. The second kappa shape index (κ2) is 10.3. The first kappa shape index (κ1) is 24.0. The molecular formula is C21H21N3O8S. The van der Waals surface area contributed by atoms with E-state index in [0.717, 1.165) is 0 Å². The number of hydrogen-bond donors (Lipinski definition) is 1. The first-order chi connectivity index (χ1) is 15.7. The van der Waals surface area contributed by atoms with Gasteiger partial charge in [0.25, 0.3) is 12.2 Å². The highest BCUT2D eigenvalue weighted by atomic mass is 32.2. The first-order valence-corrected chi connectivity index (χ1v) is 10.8. The number of carbonyl (C=O) groups is 4. The zero-order valence-electron chi connectivity index (χ0n) is 17.8. The lowest BCUT2D eigenvalue weighted by molar-refractivity contribution is -0.384. The van der Waals surface area contributed by atoms with E-state index in [4.69, 9.17) is 9.47 Å². The smallest absolute Gasteiger partial charge is 0.356 e. The number of esters is 1. The van der Waals surface area contributed by atoms with Crippen LogP contribution in [-0.4, -0.2) is 46.2 Å². The summed E-state index contributed by atoms with van der Waals surface area (Å²) in [5.41, 5.74) is 0.559. The highest BCUT2D eigenvalue weighted by Crippen LogP contribution is 2.48. The number of rotatable bonds is 10. The van der Waals surface area contributed by atoms with Gasteiger partial charge in [0.2, 0.25) is 11.8 Å². The Bertz CT molecular complexity index is 1040. The van der Waals surface area contributed by atoms with E-state index >= 15 is 0 Å². The van der Waals surface area contributed by atoms with Crippen LogP contribution < -0.4 is 5.32 Å². The van der Waals surface area contributed by atoms with Gasteiger partial charge in [0.15, 0.2) is 0 Å². The SMILES string of the molecule is CC(=O)N/C=C/SC1=C(C(=O)OCc2ccc([N+](=O)[O-])cc2)N2C(=O)[C@H]([C@@H](C)OC=O)[C@H]2C1. The number of nitrogens with one attached hydrogen (secondary N) is 1. The van der Waals surface area contributed by atoms with E-state index in [1.165, 1.54) is 54.1 Å². The Morgan fingerprint density at radius 1 is 1.36 bits per heavy atom. The Kier molecular flexibility index (Phi) is 7.48. The van der Waals surface area contributed by atoms with Crippen LogP contribution >= 0.6 is 11.8 Å². The van der Waals surface area contributed by atoms with Crippen molar-refractivity contribution >= 4 is 41.7 Å². The van der Waals surface area contributed by atoms with E-state index in [0.29, 0.717) is 16.9 Å². The number of non-ortho nitro benzene ring substituents is 1. The third-order valence-electron chi connectivity index (χ3n) is 5.22. The summed E-state index contributed by atoms with van der Waals surface area (Å²) in [6.45, 7) is 3.12. The molecule has 0 spiro atoms. The lowest BCUT2D eigenvalue weighted by atomic mass is 9.83. The number of nitrogens with zero attached hydrogens (tertiary/aromatic N) is 2. The lowest BCUT2D eigenvalue weighted by Gasteiger charge is -2.45. The minimum atomic E-state index is -0.720. The van der Waals surface area contributed by atoms with Crippen LogP contribution in [0.2, 0.25) is 0 Å². The fourth-order valence-corrected chi connectivity index (χ4v) is 4.54. The van der Waals surface area contributed by atoms with Crippen LogP contribution in [0.25, 0.3) is 0 Å². The highest BCUT2D eigenvalue weighted by Gasteiger charge is 2.57. The molecule has 0 saturated carbocycles. The standard InChI is InChI=1S/C21H21N3O8S/c1-12(32-11-25)18-16-9-17(33-8-7-22-13(2)26)19(23(16)20(18)27)21(28)31-10-14-3-5-15(6-4-14)24(29)30/h3-8,11-12,16,18H,9-10H2,1-2H3,(H,22,26)/b8-7+/t12-,16-,18-/m1/s1. The summed E-state index contributed by atoms with van der Waals surface area (Å²) in [4.78, 5) is 59.5. The Balaban J connectivity index is 1.75. The molecule has 0 unspecified atom stereocenters. The molecule has 3 rings (SSSR count). The summed E-state index contributed by atoms with van der Waals surface area (Å²) < 4.78 is 10.3. The van der Waals surface area contributed by atoms with Crippen molar-refractivity contribution in [1.82, 2.24) is 10.2 Å². The van der Waals surface area contributed by atoms with Crippen LogP contribution in [0, 0.1) is 16.0 Å². The molecule has 1 aromatic carbocycles. The molecule has 2 aliphatic rings. The quantitative estimate of drug-likeness (QED) is 0.176. The van der Waals surface area contributed by atoms with E-state index in [1.807, 2.05) is 0 Å². The first-order valence-electron chi connectivity index (χ1n) is 9.89. The molecule has 1 N–H and O–H groups in total. The number of nitro benzene ring substituents is 1. The maximum Gasteiger partial charge on any atom is 0.356 e. The molecule has 1 fully saturated rings. The number of amides is 2. The van der Waals surface area contributed by atoms with Crippen LogP contribution in [0.1, 0.15) is 25.8 Å². The maximum absolute atomic E-state index is 12.9. The third-order valence-corrected chi connectivity index (χ3v) is 6.14. The summed E-state index contributed by atoms with van der Waals surface area (Å²) in [7, 11) is 0. The molecule has 3 atom stereocenters. The van der Waals surface area contributed by atoms with Crippen LogP contribution in [0.15, 0.2) is 46.5 Å². The molecule has 1 saturated heterocycles. The van der Waals surface area contributed by atoms with Crippen molar-refractivity contribution in [3.8, 4) is 0 Å². The van der Waals surface area contributed by atoms with Crippen LogP contribution in [0.5, 0.6) is 0 Å². The second-order valence-electron chi connectivity index (χ2n) is 7.34. The molecule has 2 heterocycles. The molecule has 0 radical (unpaired) electrons. The number of nitro groups is 1. The zero-order valence-corrected chi connectivity index (χ0v) is 18.6. The van der Waals surface area contributed by atoms with Gasteiger partial charge in [-0.05, 0) is 30.0 Å². The van der Waals surface area contributed by atoms with E-state index in [-0.39, 0.29) is 42.3 Å². The number of β-lactam (4-membered cyclic amide) rings is 1. The van der Waals surface area contributed by atoms with Crippen LogP contribution in [0.3, 0.4) is 0 Å². The predicted molar refractivity (Wildman–Crippen MR) is 116 cm³/mol. The van der Waals surface area contributed by atoms with E-state index in [2.05, 4.69) is 5.32 Å². The van der Waals surface area contributed by atoms with Gasteiger partial charge < -0.3 is 19.7 Å². The van der Waals surface area contributed by atoms with E-state index in [1.54, 1.807) is 12.3 Å². The van der Waals surface area contributed by atoms with Crippen molar-refractivity contribution in [1.29, 1.82) is 0 Å². The highest BCUT2D eigenvalue weighted by molar-refractivity contribution is 8.05. The number of benzene rings is 1. The normalized spacial score (nSPS) is 20.2. The Labute approximate surface area is 192 Å². The topological polar surface area (TPSA) is 145 Å². The minimum absolute atomic E-state index is 0.0834. The molecule has 0 aliphatic carbocycles.